The first-order chi connectivity index (χ1) is 11.6. The fraction of sp³-hybridized carbons (Fsp3) is 0.588. The number of fused-ring (bicyclic) bond motifs is 3. The molecule has 0 amide bonds. The van der Waals surface area contributed by atoms with Gasteiger partial charge < -0.3 is 4.74 Å². The highest BCUT2D eigenvalue weighted by Crippen LogP contribution is 2.31. The van der Waals surface area contributed by atoms with Gasteiger partial charge in [-0.15, -0.1) is 0 Å². The van der Waals surface area contributed by atoms with E-state index in [1.54, 1.807) is 6.07 Å². The fourth-order valence-corrected chi connectivity index (χ4v) is 4.39. The molecule has 2 fully saturated rings. The minimum Gasteiger partial charge on any atom is -0.378 e. The van der Waals surface area contributed by atoms with Crippen LogP contribution in [-0.2, 0) is 11.3 Å². The molecule has 130 valence electrons. The van der Waals surface area contributed by atoms with Gasteiger partial charge >= 0.3 is 0 Å². The lowest BCUT2D eigenvalue weighted by atomic mass is 10.2. The van der Waals surface area contributed by atoms with Gasteiger partial charge in [-0.2, -0.15) is 5.10 Å². The van der Waals surface area contributed by atoms with Crippen molar-refractivity contribution in [1.82, 2.24) is 14.7 Å². The summed E-state index contributed by atoms with van der Waals surface area (Å²) >= 11 is 9.17. The van der Waals surface area contributed by atoms with Crippen LogP contribution in [0.25, 0.3) is 10.9 Å². The van der Waals surface area contributed by atoms with Crippen LogP contribution in [0.5, 0.6) is 0 Å². The van der Waals surface area contributed by atoms with Gasteiger partial charge in [-0.1, -0.05) is 11.6 Å². The molecular formula is C17H20BrClFN3O. The van der Waals surface area contributed by atoms with E-state index >= 15 is 0 Å². The van der Waals surface area contributed by atoms with E-state index < -0.39 is 0 Å². The second-order valence-electron chi connectivity index (χ2n) is 6.68. The van der Waals surface area contributed by atoms with E-state index in [1.165, 1.54) is 12.8 Å². The lowest BCUT2D eigenvalue weighted by Gasteiger charge is -2.34. The van der Waals surface area contributed by atoms with Gasteiger partial charge in [0.2, 0.25) is 0 Å². The smallest absolute Gasteiger partial charge is 0.166 e. The molecule has 2 atom stereocenters. The molecule has 0 radical (unpaired) electrons. The van der Waals surface area contributed by atoms with Crippen LogP contribution in [0.3, 0.4) is 0 Å². The van der Waals surface area contributed by atoms with Crippen molar-refractivity contribution < 1.29 is 9.13 Å². The highest BCUT2D eigenvalue weighted by atomic mass is 79.9. The predicted octanol–water partition coefficient (Wildman–Crippen LogP) is 4.23. The number of nitrogens with zero attached hydrogens (tertiary/aromatic N) is 3. The molecule has 2 saturated heterocycles. The summed E-state index contributed by atoms with van der Waals surface area (Å²) < 4.78 is 21.9. The van der Waals surface area contributed by atoms with E-state index in [2.05, 4.69) is 25.9 Å². The van der Waals surface area contributed by atoms with Gasteiger partial charge in [0.1, 0.15) is 5.52 Å². The van der Waals surface area contributed by atoms with E-state index in [-0.39, 0.29) is 10.3 Å². The molecule has 2 unspecified atom stereocenters. The number of hydrogen-bond acceptors (Lipinski definition) is 3. The Balaban J connectivity index is 1.35. The van der Waals surface area contributed by atoms with Crippen LogP contribution in [0.1, 0.15) is 25.7 Å². The minimum atomic E-state index is -0.388. The Labute approximate surface area is 154 Å². The molecular weight excluding hydrogens is 397 g/mol. The van der Waals surface area contributed by atoms with Gasteiger partial charge in [0.05, 0.1) is 22.7 Å². The highest BCUT2D eigenvalue weighted by molar-refractivity contribution is 9.10. The second kappa shape index (κ2) is 6.90. The normalized spacial score (nSPS) is 24.1. The van der Waals surface area contributed by atoms with Gasteiger partial charge in [-0.3, -0.25) is 9.58 Å². The lowest BCUT2D eigenvalue weighted by Crippen LogP contribution is -2.46. The van der Waals surface area contributed by atoms with Gasteiger partial charge in [-0.05, 0) is 54.2 Å². The van der Waals surface area contributed by atoms with E-state index in [1.807, 2.05) is 10.9 Å². The molecule has 3 heterocycles. The van der Waals surface area contributed by atoms with Crippen molar-refractivity contribution in [2.24, 2.45) is 0 Å². The zero-order valence-corrected chi connectivity index (χ0v) is 15.7. The number of rotatable bonds is 5. The highest BCUT2D eigenvalue weighted by Gasteiger charge is 2.36. The van der Waals surface area contributed by atoms with E-state index in [0.717, 1.165) is 44.5 Å². The molecule has 0 saturated carbocycles. The first-order valence-corrected chi connectivity index (χ1v) is 9.64. The van der Waals surface area contributed by atoms with Gasteiger partial charge in [0, 0.05) is 30.2 Å². The molecule has 2 aliphatic heterocycles. The maximum absolute atomic E-state index is 14.2. The summed E-state index contributed by atoms with van der Waals surface area (Å²) in [6, 6.07) is 2.98. The third-order valence-corrected chi connectivity index (χ3v) is 6.43. The molecule has 0 N–H and O–H groups in total. The van der Waals surface area contributed by atoms with Crippen LogP contribution in [0.15, 0.2) is 16.7 Å². The fourth-order valence-electron chi connectivity index (χ4n) is 3.88. The van der Waals surface area contributed by atoms with Crippen molar-refractivity contribution in [3.8, 4) is 0 Å². The third kappa shape index (κ3) is 3.09. The number of ether oxygens (including phenoxy) is 1. The third-order valence-electron chi connectivity index (χ3n) is 5.13. The molecule has 2 aliphatic rings. The molecule has 4 nitrogen and oxygen atoms in total. The van der Waals surface area contributed by atoms with Crippen LogP contribution >= 0.6 is 27.5 Å². The number of halogens is 3. The summed E-state index contributed by atoms with van der Waals surface area (Å²) in [5.74, 6) is -0.388. The molecule has 24 heavy (non-hydrogen) atoms. The number of aryl methyl sites for hydroxylation is 1. The summed E-state index contributed by atoms with van der Waals surface area (Å²) in [6.07, 6.45) is 6.56. The average molecular weight is 417 g/mol. The molecule has 0 aliphatic carbocycles. The maximum Gasteiger partial charge on any atom is 0.166 e. The van der Waals surface area contributed by atoms with Crippen molar-refractivity contribution >= 4 is 38.4 Å². The number of hydrogen-bond donors (Lipinski definition) is 0. The van der Waals surface area contributed by atoms with E-state index in [0.29, 0.717) is 22.6 Å². The number of unbranched alkanes of at least 4 members (excludes halogenated alkanes) is 1. The number of benzene rings is 1. The Morgan fingerprint density at radius 3 is 2.71 bits per heavy atom. The van der Waals surface area contributed by atoms with Crippen LogP contribution in [0.4, 0.5) is 4.39 Å². The summed E-state index contributed by atoms with van der Waals surface area (Å²) in [6.45, 7) is 3.68. The molecule has 1 aromatic carbocycles. The van der Waals surface area contributed by atoms with Crippen molar-refractivity contribution in [2.45, 2.75) is 44.3 Å². The molecule has 1 aromatic heterocycles. The Hall–Kier alpha value is -0.690. The summed E-state index contributed by atoms with van der Waals surface area (Å²) in [7, 11) is 0. The zero-order valence-electron chi connectivity index (χ0n) is 13.4. The monoisotopic (exact) mass is 415 g/mol. The van der Waals surface area contributed by atoms with Crippen LogP contribution < -0.4 is 0 Å². The van der Waals surface area contributed by atoms with E-state index in [4.69, 9.17) is 16.3 Å². The Morgan fingerprint density at radius 2 is 1.96 bits per heavy atom. The zero-order chi connectivity index (χ0) is 16.7. The average Bonchev–Trinajstić information content (AvgIpc) is 3.06. The van der Waals surface area contributed by atoms with Gasteiger partial charge in [-0.25, -0.2) is 4.39 Å². The molecule has 2 bridgehead atoms. The summed E-state index contributed by atoms with van der Waals surface area (Å²) in [5, 5.41) is 5.48. The lowest BCUT2D eigenvalue weighted by molar-refractivity contribution is -0.0151. The summed E-state index contributed by atoms with van der Waals surface area (Å²) in [5.41, 5.74) is 0.373. The first kappa shape index (κ1) is 16.8. The Morgan fingerprint density at radius 1 is 1.25 bits per heavy atom. The van der Waals surface area contributed by atoms with Crippen LogP contribution in [-0.4, -0.2) is 46.5 Å². The quantitative estimate of drug-likeness (QED) is 0.540. The van der Waals surface area contributed by atoms with Gasteiger partial charge in [0.25, 0.3) is 0 Å². The molecule has 4 rings (SSSR count). The number of aromatic nitrogens is 2. The Kier molecular flexibility index (Phi) is 4.82. The largest absolute Gasteiger partial charge is 0.378 e. The van der Waals surface area contributed by atoms with Crippen molar-refractivity contribution in [3.63, 3.8) is 0 Å². The van der Waals surface area contributed by atoms with Gasteiger partial charge in [0.15, 0.2) is 5.82 Å². The van der Waals surface area contributed by atoms with Crippen molar-refractivity contribution in [3.05, 3.63) is 27.6 Å². The standard InChI is InChI=1S/C17H20BrClFN3O/c18-15-14(19)7-11-8-22(21-17(11)16(15)20)5-1-2-6-23-12-3-4-13(23)10-24-9-12/h7-8,12-13H,1-6,9-10H2. The van der Waals surface area contributed by atoms with Crippen LogP contribution in [0, 0.1) is 5.82 Å². The number of morpholine rings is 1. The Bertz CT molecular complexity index is 737. The van der Waals surface area contributed by atoms with Crippen molar-refractivity contribution in [2.75, 3.05) is 19.8 Å². The van der Waals surface area contributed by atoms with Crippen LogP contribution in [0.2, 0.25) is 5.02 Å². The van der Waals surface area contributed by atoms with E-state index in [9.17, 15) is 4.39 Å². The minimum absolute atomic E-state index is 0.282. The maximum atomic E-state index is 14.2. The predicted molar refractivity (Wildman–Crippen MR) is 96.0 cm³/mol. The second-order valence-corrected chi connectivity index (χ2v) is 7.88. The molecule has 2 aromatic rings. The van der Waals surface area contributed by atoms with Crippen molar-refractivity contribution in [1.29, 1.82) is 0 Å². The molecule has 0 spiro atoms. The topological polar surface area (TPSA) is 30.3 Å². The molecule has 7 heteroatoms. The first-order valence-electron chi connectivity index (χ1n) is 8.47. The summed E-state index contributed by atoms with van der Waals surface area (Å²) in [4.78, 5) is 2.61. The SMILES string of the molecule is Fc1c(Br)c(Cl)cc2cn(CCCCN3C4CCC3COC4)nc12.